The molecule has 2 bridgehead atoms. The van der Waals surface area contributed by atoms with Crippen LogP contribution in [0.1, 0.15) is 85.0 Å². The number of hydrogen-bond donors (Lipinski definition) is 18. The van der Waals surface area contributed by atoms with Gasteiger partial charge in [0, 0.05) is 6.42 Å². The van der Waals surface area contributed by atoms with Crippen LogP contribution in [-0.4, -0.2) is 315 Å². The molecule has 0 radical (unpaired) electrons. The van der Waals surface area contributed by atoms with Crippen LogP contribution in [-0.2, 0) is 61.6 Å². The molecule has 4 saturated carbocycles. The van der Waals surface area contributed by atoms with Gasteiger partial charge in [0.15, 0.2) is 37.6 Å². The number of aliphatic hydroxyl groups excluding tert-OH is 18. The minimum atomic E-state index is -2.02. The summed E-state index contributed by atoms with van der Waals surface area (Å²) in [4.78, 5) is 15.4. The van der Waals surface area contributed by atoms with E-state index in [4.69, 9.17) is 56.8 Å². The molecule has 10 rings (SSSR count). The Morgan fingerprint density at radius 1 is 0.483 bits per heavy atom. The van der Waals surface area contributed by atoms with Gasteiger partial charge in [-0.25, -0.2) is 0 Å². The minimum absolute atomic E-state index is 0.102. The average Bonchev–Trinajstić information content (AvgIpc) is 1.64. The third kappa shape index (κ3) is 12.1. The maximum atomic E-state index is 15.4. The maximum absolute atomic E-state index is 15.4. The Morgan fingerprint density at radius 2 is 0.931 bits per heavy atom. The lowest BCUT2D eigenvalue weighted by Crippen LogP contribution is -2.67. The highest BCUT2D eigenvalue weighted by Crippen LogP contribution is 2.74. The van der Waals surface area contributed by atoms with Crippen LogP contribution in [0.5, 0.6) is 0 Å². The summed E-state index contributed by atoms with van der Waals surface area (Å²) < 4.78 is 73.5. The molecule has 35 atom stereocenters. The summed E-state index contributed by atoms with van der Waals surface area (Å²) in [7, 11) is 0. The van der Waals surface area contributed by atoms with Crippen molar-refractivity contribution in [1.29, 1.82) is 0 Å². The van der Waals surface area contributed by atoms with E-state index in [9.17, 15) is 91.9 Å². The van der Waals surface area contributed by atoms with Gasteiger partial charge in [-0.2, -0.15) is 0 Å². The zero-order chi connectivity index (χ0) is 63.1. The van der Waals surface area contributed by atoms with E-state index in [0.29, 0.717) is 63.4 Å². The molecule has 18 N–H and O–H groups in total. The molecule has 6 heterocycles. The number of carbonyl (C=O) groups excluding carboxylic acids is 1. The van der Waals surface area contributed by atoms with E-state index in [0.717, 1.165) is 0 Å². The lowest BCUT2D eigenvalue weighted by molar-refractivity contribution is -0.395. The van der Waals surface area contributed by atoms with Gasteiger partial charge in [0.05, 0.1) is 56.3 Å². The van der Waals surface area contributed by atoms with Gasteiger partial charge in [-0.1, -0.05) is 19.9 Å². The molecule has 6 aliphatic heterocycles. The van der Waals surface area contributed by atoms with E-state index in [1.165, 1.54) is 6.92 Å². The van der Waals surface area contributed by atoms with Crippen LogP contribution in [0.3, 0.4) is 0 Å². The fourth-order valence-electron chi connectivity index (χ4n) is 16.3. The molecule has 500 valence electrons. The number of rotatable bonds is 17. The third-order valence-electron chi connectivity index (χ3n) is 21.1. The van der Waals surface area contributed by atoms with Crippen LogP contribution in [0.4, 0.5) is 0 Å². The molecule has 0 aromatic heterocycles. The zero-order valence-corrected chi connectivity index (χ0v) is 48.6. The highest BCUT2D eigenvalue weighted by molar-refractivity contribution is 5.77. The van der Waals surface area contributed by atoms with E-state index >= 15 is 4.79 Å². The van der Waals surface area contributed by atoms with E-state index in [-0.39, 0.29) is 18.3 Å². The molecule has 29 unspecified atom stereocenters. The molecule has 87 heavy (non-hydrogen) atoms. The number of esters is 1. The number of carbonyl (C=O) groups is 1. The van der Waals surface area contributed by atoms with Crippen molar-refractivity contribution in [3.63, 3.8) is 0 Å². The lowest BCUT2D eigenvalue weighted by Gasteiger charge is -2.64. The predicted molar refractivity (Wildman–Crippen MR) is 281 cm³/mol. The second kappa shape index (κ2) is 26.4. The zero-order valence-electron chi connectivity index (χ0n) is 48.6. The summed E-state index contributed by atoms with van der Waals surface area (Å²) in [6.07, 6.45) is -45.9. The van der Waals surface area contributed by atoms with Crippen molar-refractivity contribution >= 4 is 5.97 Å². The molecule has 10 aliphatic rings. The van der Waals surface area contributed by atoms with Gasteiger partial charge in [0.2, 0.25) is 6.29 Å². The Kier molecular flexibility index (Phi) is 20.6. The Hall–Kier alpha value is -1.95. The Balaban J connectivity index is 0.915. The predicted octanol–water partition coefficient (Wildman–Crippen LogP) is -7.41. The molecular formula is C56H90O31. The van der Waals surface area contributed by atoms with Crippen molar-refractivity contribution < 1.29 is 154 Å². The van der Waals surface area contributed by atoms with Crippen LogP contribution in [0.15, 0.2) is 12.2 Å². The number of aliphatic hydroxyl groups is 18. The van der Waals surface area contributed by atoms with Crippen LogP contribution in [0.25, 0.3) is 0 Å². The first-order valence-corrected chi connectivity index (χ1v) is 30.2. The van der Waals surface area contributed by atoms with Crippen molar-refractivity contribution in [2.75, 3.05) is 33.0 Å². The van der Waals surface area contributed by atoms with Gasteiger partial charge < -0.3 is 149 Å². The largest absolute Gasteiger partial charge is 0.432 e. The fourth-order valence-corrected chi connectivity index (χ4v) is 16.3. The van der Waals surface area contributed by atoms with Gasteiger partial charge in [-0.3, -0.25) is 4.79 Å². The van der Waals surface area contributed by atoms with Gasteiger partial charge >= 0.3 is 5.97 Å². The van der Waals surface area contributed by atoms with E-state index in [1.807, 2.05) is 0 Å². The summed E-state index contributed by atoms with van der Waals surface area (Å²) in [6.45, 7) is 5.75. The van der Waals surface area contributed by atoms with Crippen molar-refractivity contribution in [3.8, 4) is 0 Å². The summed E-state index contributed by atoms with van der Waals surface area (Å²) in [5, 5.41) is 194. The molecule has 1 spiro atoms. The normalized spacial score (nSPS) is 54.6. The topological polar surface area (TPSA) is 492 Å². The summed E-state index contributed by atoms with van der Waals surface area (Å²) in [5.41, 5.74) is -2.95. The molecule has 31 heteroatoms. The first-order chi connectivity index (χ1) is 41.1. The first kappa shape index (κ1) is 67.9. The Morgan fingerprint density at radius 3 is 1.48 bits per heavy atom. The minimum Gasteiger partial charge on any atom is -0.432 e. The Labute approximate surface area is 500 Å². The molecule has 0 amide bonds. The van der Waals surface area contributed by atoms with Gasteiger partial charge in [-0.15, -0.1) is 0 Å². The number of ether oxygens (including phenoxy) is 12. The van der Waals surface area contributed by atoms with E-state index < -0.39 is 239 Å². The van der Waals surface area contributed by atoms with Gasteiger partial charge in [0.1, 0.15) is 122 Å². The monoisotopic (exact) mass is 1260 g/mol. The third-order valence-corrected chi connectivity index (χ3v) is 21.1. The molecule has 6 saturated heterocycles. The van der Waals surface area contributed by atoms with Crippen LogP contribution >= 0.6 is 0 Å². The van der Waals surface area contributed by atoms with Crippen molar-refractivity contribution in [2.24, 2.45) is 28.1 Å². The molecule has 0 aromatic rings. The summed E-state index contributed by atoms with van der Waals surface area (Å²) in [6, 6.07) is 0. The molecule has 31 nitrogen and oxygen atoms in total. The molecule has 0 aromatic carbocycles. The van der Waals surface area contributed by atoms with E-state index in [2.05, 4.69) is 13.5 Å². The molecule has 10 fully saturated rings. The number of hydrogen-bond acceptors (Lipinski definition) is 31. The highest BCUT2D eigenvalue weighted by Gasteiger charge is 2.70. The van der Waals surface area contributed by atoms with Crippen LogP contribution < -0.4 is 0 Å². The van der Waals surface area contributed by atoms with Crippen LogP contribution in [0.2, 0.25) is 0 Å². The average molecular weight is 1260 g/mol. The fraction of sp³-hybridized carbons (Fsp3) is 0.946. The van der Waals surface area contributed by atoms with Gasteiger partial charge in [-0.05, 0) is 93.5 Å². The summed E-state index contributed by atoms with van der Waals surface area (Å²) >= 11 is 0. The second-order valence-electron chi connectivity index (χ2n) is 26.3. The lowest BCUT2D eigenvalue weighted by atomic mass is 9.41. The first-order valence-electron chi connectivity index (χ1n) is 30.2. The quantitative estimate of drug-likeness (QED) is 0.0365. The highest BCUT2D eigenvalue weighted by atomic mass is 16.8. The summed E-state index contributed by atoms with van der Waals surface area (Å²) in [5.74, 6) is -1.28. The van der Waals surface area contributed by atoms with Gasteiger partial charge in [0.25, 0.3) is 0 Å². The van der Waals surface area contributed by atoms with Crippen molar-refractivity contribution in [2.45, 2.75) is 269 Å². The maximum Gasteiger partial charge on any atom is 0.314 e. The van der Waals surface area contributed by atoms with Crippen molar-refractivity contribution in [1.82, 2.24) is 0 Å². The SMILES string of the molecule is C=C1C[C@@]23CC[C@H]4[C@@](C)(CCC[C@@]4(C)C(=O)OC4OC(CO)C(O)C(OC5OC(CO)C(O)C(O)C5O)C4OC4OC(C)C(O)C(O)C4O)[C@@H]2CC[C@]1(OC1OC(CO)C(O)C(OC2OC(CO)C(O)C(O)C2O)C1OC1OC(CO)C(O)CC1O)C3. The molecule has 4 aliphatic carbocycles. The van der Waals surface area contributed by atoms with Crippen molar-refractivity contribution in [3.05, 3.63) is 12.2 Å². The van der Waals surface area contributed by atoms with E-state index in [1.54, 1.807) is 6.92 Å². The number of fused-ring (bicyclic) bond motifs is 3. The Bertz CT molecular complexity index is 2340. The smallest absolute Gasteiger partial charge is 0.314 e. The second-order valence-corrected chi connectivity index (χ2v) is 26.3. The standard InChI is InChI=1S/C56H90O31/c1-20-13-55-10-6-29-53(3,8-5-9-54(29,4)52(75)86-50-44(85-47-39(72)36(69)31(64)21(2)76-47)42(34(67)27(17-60)80-50)82-48-40(73)37(70)32(65)25(15-58)78-48)30(55)7-11-56(20,19-55)87-51-45(84-46-23(63)12-22(62)24(14-57)77-46)43(35(68)28(18-61)81-51)83-49-41(74)38(71)33(66)26(16-59)79-49/h21-51,57-74H,1,5-19H2,2-4H3/t21?,22?,23?,24?,25?,26?,27?,28?,29-,30-,31?,32?,33?,34?,35?,36?,37?,38?,39?,40?,41?,42?,43?,44?,45?,46?,47?,48?,49?,50?,51?,53+,54+,55+,56-/m0/s1. The van der Waals surface area contributed by atoms with Crippen LogP contribution in [0, 0.1) is 28.1 Å². The molecular weight excluding hydrogens is 1170 g/mol.